The number of rotatable bonds is 5. The van der Waals surface area contributed by atoms with Crippen LogP contribution in [0.3, 0.4) is 0 Å². The number of pyridine rings is 1. The average Bonchev–Trinajstić information content (AvgIpc) is 2.22. The van der Waals surface area contributed by atoms with E-state index in [4.69, 9.17) is 0 Å². The van der Waals surface area contributed by atoms with E-state index in [9.17, 15) is 0 Å². The molecule has 0 unspecified atom stereocenters. The van der Waals surface area contributed by atoms with Crippen LogP contribution in [-0.2, 0) is 0 Å². The summed E-state index contributed by atoms with van der Waals surface area (Å²) in [5.41, 5.74) is 1.22. The molecule has 0 amide bonds. The molecule has 0 atom stereocenters. The molecular formula is C14H23BrN2. The molecule has 0 saturated heterocycles. The predicted octanol–water partition coefficient (Wildman–Crippen LogP) is 4.49. The fraction of sp³-hybridized carbons (Fsp3) is 0.643. The Kier molecular flexibility index (Phi) is 5.44. The minimum atomic E-state index is 0.681. The maximum Gasteiger partial charge on any atom is 0.126 e. The van der Waals surface area contributed by atoms with Gasteiger partial charge in [0, 0.05) is 17.2 Å². The van der Waals surface area contributed by atoms with E-state index in [1.165, 1.54) is 5.56 Å². The van der Waals surface area contributed by atoms with Crippen LogP contribution < -0.4 is 5.32 Å². The monoisotopic (exact) mass is 298 g/mol. The summed E-state index contributed by atoms with van der Waals surface area (Å²) in [6, 6.07) is 2.09. The zero-order valence-electron chi connectivity index (χ0n) is 11.4. The summed E-state index contributed by atoms with van der Waals surface area (Å²) in [6.07, 6.45) is 1.86. The van der Waals surface area contributed by atoms with Gasteiger partial charge in [-0.25, -0.2) is 4.98 Å². The molecule has 2 nitrogen and oxygen atoms in total. The van der Waals surface area contributed by atoms with Gasteiger partial charge < -0.3 is 5.32 Å². The first-order valence-electron chi connectivity index (χ1n) is 6.27. The molecule has 0 spiro atoms. The third-order valence-corrected chi connectivity index (χ3v) is 4.11. The highest BCUT2D eigenvalue weighted by molar-refractivity contribution is 9.10. The van der Waals surface area contributed by atoms with Crippen molar-refractivity contribution in [2.24, 2.45) is 17.8 Å². The van der Waals surface area contributed by atoms with Crippen molar-refractivity contribution in [2.75, 3.05) is 11.9 Å². The van der Waals surface area contributed by atoms with Gasteiger partial charge in [0.1, 0.15) is 5.82 Å². The number of nitrogens with one attached hydrogen (secondary N) is 1. The number of hydrogen-bond acceptors (Lipinski definition) is 2. The van der Waals surface area contributed by atoms with E-state index < -0.39 is 0 Å². The minimum absolute atomic E-state index is 0.681. The Morgan fingerprint density at radius 1 is 1.24 bits per heavy atom. The molecule has 0 aromatic carbocycles. The van der Waals surface area contributed by atoms with Gasteiger partial charge in [0.15, 0.2) is 0 Å². The van der Waals surface area contributed by atoms with Crippen molar-refractivity contribution < 1.29 is 0 Å². The van der Waals surface area contributed by atoms with E-state index >= 15 is 0 Å². The molecule has 0 aliphatic carbocycles. The van der Waals surface area contributed by atoms with Crippen LogP contribution in [0, 0.1) is 24.7 Å². The minimum Gasteiger partial charge on any atom is -0.370 e. The standard InChI is InChI=1S/C14H23BrN2/c1-9(2)12(10(3)4)7-16-14-6-11(5)13(15)8-17-14/h6,8-10,12H,7H2,1-5H3,(H,16,17). The van der Waals surface area contributed by atoms with E-state index in [0.717, 1.165) is 16.8 Å². The van der Waals surface area contributed by atoms with Gasteiger partial charge in [-0.2, -0.15) is 0 Å². The molecule has 0 aliphatic rings. The van der Waals surface area contributed by atoms with Crippen molar-refractivity contribution in [3.8, 4) is 0 Å². The molecule has 1 heterocycles. The van der Waals surface area contributed by atoms with Crippen LogP contribution in [0.1, 0.15) is 33.3 Å². The van der Waals surface area contributed by atoms with E-state index in [0.29, 0.717) is 17.8 Å². The van der Waals surface area contributed by atoms with Gasteiger partial charge in [0.05, 0.1) is 0 Å². The smallest absolute Gasteiger partial charge is 0.126 e. The summed E-state index contributed by atoms with van der Waals surface area (Å²) in [7, 11) is 0. The van der Waals surface area contributed by atoms with Crippen molar-refractivity contribution in [3.05, 3.63) is 22.3 Å². The summed E-state index contributed by atoms with van der Waals surface area (Å²) < 4.78 is 1.06. The molecule has 0 fully saturated rings. The fourth-order valence-corrected chi connectivity index (χ4v) is 2.32. The number of halogens is 1. The first-order valence-corrected chi connectivity index (χ1v) is 7.07. The van der Waals surface area contributed by atoms with Crippen LogP contribution in [0.4, 0.5) is 5.82 Å². The van der Waals surface area contributed by atoms with Crippen LogP contribution in [0.25, 0.3) is 0 Å². The van der Waals surface area contributed by atoms with Crippen molar-refractivity contribution in [1.82, 2.24) is 4.98 Å². The quantitative estimate of drug-likeness (QED) is 0.866. The zero-order valence-corrected chi connectivity index (χ0v) is 13.0. The van der Waals surface area contributed by atoms with Gasteiger partial charge in [0.2, 0.25) is 0 Å². The molecule has 0 aliphatic heterocycles. The Labute approximate surface area is 113 Å². The van der Waals surface area contributed by atoms with Gasteiger partial charge in [-0.3, -0.25) is 0 Å². The Balaban J connectivity index is 2.62. The normalized spacial score (nSPS) is 11.6. The SMILES string of the molecule is Cc1cc(NCC(C(C)C)C(C)C)ncc1Br. The van der Waals surface area contributed by atoms with E-state index in [-0.39, 0.29) is 0 Å². The van der Waals surface area contributed by atoms with E-state index in [1.54, 1.807) is 0 Å². The molecule has 17 heavy (non-hydrogen) atoms. The molecule has 3 heteroatoms. The van der Waals surface area contributed by atoms with Crippen molar-refractivity contribution in [1.29, 1.82) is 0 Å². The highest BCUT2D eigenvalue weighted by atomic mass is 79.9. The molecular weight excluding hydrogens is 276 g/mol. The molecule has 96 valence electrons. The first kappa shape index (κ1) is 14.5. The Morgan fingerprint density at radius 3 is 2.29 bits per heavy atom. The lowest BCUT2D eigenvalue weighted by atomic mass is 9.85. The summed E-state index contributed by atoms with van der Waals surface area (Å²) in [4.78, 5) is 4.37. The second-order valence-corrected chi connectivity index (χ2v) is 6.21. The number of aromatic nitrogens is 1. The molecule has 1 N–H and O–H groups in total. The predicted molar refractivity (Wildman–Crippen MR) is 78.3 cm³/mol. The molecule has 1 aromatic rings. The molecule has 0 bridgehead atoms. The lowest BCUT2D eigenvalue weighted by Gasteiger charge is -2.25. The molecule has 0 radical (unpaired) electrons. The summed E-state index contributed by atoms with van der Waals surface area (Å²) in [6.45, 7) is 12.2. The fourth-order valence-electron chi connectivity index (χ4n) is 2.10. The average molecular weight is 299 g/mol. The maximum absolute atomic E-state index is 4.37. The Morgan fingerprint density at radius 2 is 1.82 bits per heavy atom. The number of nitrogens with zero attached hydrogens (tertiary/aromatic N) is 1. The molecule has 1 rings (SSSR count). The Hall–Kier alpha value is -0.570. The number of hydrogen-bond donors (Lipinski definition) is 1. The summed E-state index contributed by atoms with van der Waals surface area (Å²) in [5.74, 6) is 3.04. The van der Waals surface area contributed by atoms with Crippen LogP contribution in [-0.4, -0.2) is 11.5 Å². The number of anilines is 1. The van der Waals surface area contributed by atoms with E-state index in [1.807, 2.05) is 6.20 Å². The van der Waals surface area contributed by atoms with E-state index in [2.05, 4.69) is 66.9 Å². The van der Waals surface area contributed by atoms with Gasteiger partial charge >= 0.3 is 0 Å². The van der Waals surface area contributed by atoms with Crippen molar-refractivity contribution in [2.45, 2.75) is 34.6 Å². The zero-order chi connectivity index (χ0) is 13.0. The second-order valence-electron chi connectivity index (χ2n) is 5.35. The van der Waals surface area contributed by atoms with Crippen LogP contribution in [0.2, 0.25) is 0 Å². The topological polar surface area (TPSA) is 24.9 Å². The van der Waals surface area contributed by atoms with Gasteiger partial charge in [0.25, 0.3) is 0 Å². The number of aryl methyl sites for hydroxylation is 1. The lowest BCUT2D eigenvalue weighted by Crippen LogP contribution is -2.24. The molecule has 1 aromatic heterocycles. The highest BCUT2D eigenvalue weighted by Crippen LogP contribution is 2.22. The third-order valence-electron chi connectivity index (χ3n) is 3.28. The largest absolute Gasteiger partial charge is 0.370 e. The summed E-state index contributed by atoms with van der Waals surface area (Å²) >= 11 is 3.47. The van der Waals surface area contributed by atoms with Gasteiger partial charge in [-0.1, -0.05) is 27.7 Å². The second kappa shape index (κ2) is 6.39. The molecule has 0 saturated carbocycles. The van der Waals surface area contributed by atoms with Crippen LogP contribution in [0.15, 0.2) is 16.7 Å². The third kappa shape index (κ3) is 4.30. The summed E-state index contributed by atoms with van der Waals surface area (Å²) in [5, 5.41) is 3.44. The van der Waals surface area contributed by atoms with Crippen LogP contribution in [0.5, 0.6) is 0 Å². The van der Waals surface area contributed by atoms with Gasteiger partial charge in [-0.05, 0) is 52.2 Å². The maximum atomic E-state index is 4.37. The lowest BCUT2D eigenvalue weighted by molar-refractivity contribution is 0.304. The first-order chi connectivity index (χ1) is 7.91. The van der Waals surface area contributed by atoms with Gasteiger partial charge in [-0.15, -0.1) is 0 Å². The van der Waals surface area contributed by atoms with Crippen molar-refractivity contribution in [3.63, 3.8) is 0 Å². The highest BCUT2D eigenvalue weighted by Gasteiger charge is 2.17. The van der Waals surface area contributed by atoms with Crippen LogP contribution >= 0.6 is 15.9 Å². The Bertz CT molecular complexity index is 353. The van der Waals surface area contributed by atoms with Crippen molar-refractivity contribution >= 4 is 21.7 Å².